The van der Waals surface area contributed by atoms with E-state index in [2.05, 4.69) is 32.3 Å². The Morgan fingerprint density at radius 3 is 2.33 bits per heavy atom. The van der Waals surface area contributed by atoms with Gasteiger partial charge in [0.1, 0.15) is 18.1 Å². The SMILES string of the molecule is COc1ccc(N2CCN(c3ccc(=O)n(CC(=O)NCCc4ccccc4)n3)CC2)cc1. The third-order valence-corrected chi connectivity index (χ3v) is 5.77. The van der Waals surface area contributed by atoms with Gasteiger partial charge in [-0.3, -0.25) is 9.59 Å². The van der Waals surface area contributed by atoms with E-state index in [0.29, 0.717) is 12.4 Å². The van der Waals surface area contributed by atoms with Gasteiger partial charge in [0.25, 0.3) is 5.56 Å². The summed E-state index contributed by atoms with van der Waals surface area (Å²) in [6.45, 7) is 3.67. The molecule has 0 unspecified atom stereocenters. The zero-order valence-electron chi connectivity index (χ0n) is 18.8. The van der Waals surface area contributed by atoms with Gasteiger partial charge in [0.15, 0.2) is 0 Å². The van der Waals surface area contributed by atoms with E-state index in [0.717, 1.165) is 49.6 Å². The van der Waals surface area contributed by atoms with E-state index in [1.165, 1.54) is 10.7 Å². The molecule has 2 heterocycles. The number of amides is 1. The van der Waals surface area contributed by atoms with Gasteiger partial charge in [0.2, 0.25) is 5.91 Å². The summed E-state index contributed by atoms with van der Waals surface area (Å²) < 4.78 is 6.47. The highest BCUT2D eigenvalue weighted by Gasteiger charge is 2.19. The number of nitrogens with zero attached hydrogens (tertiary/aromatic N) is 4. The molecule has 4 rings (SSSR count). The zero-order valence-corrected chi connectivity index (χ0v) is 18.8. The topological polar surface area (TPSA) is 79.7 Å². The predicted octanol–water partition coefficient (Wildman–Crippen LogP) is 1.94. The highest BCUT2D eigenvalue weighted by atomic mass is 16.5. The van der Waals surface area contributed by atoms with Crippen LogP contribution >= 0.6 is 0 Å². The zero-order chi connectivity index (χ0) is 23.0. The van der Waals surface area contributed by atoms with Gasteiger partial charge in [-0.15, -0.1) is 0 Å². The molecule has 3 aromatic rings. The van der Waals surface area contributed by atoms with Crippen LogP contribution in [0.2, 0.25) is 0 Å². The first-order valence-electron chi connectivity index (χ1n) is 11.1. The number of rotatable bonds is 8. The number of methoxy groups -OCH3 is 1. The fraction of sp³-hybridized carbons (Fsp3) is 0.320. The van der Waals surface area contributed by atoms with E-state index in [-0.39, 0.29) is 18.0 Å². The number of anilines is 2. The van der Waals surface area contributed by atoms with Gasteiger partial charge in [-0.2, -0.15) is 5.10 Å². The number of carbonyl (C=O) groups is 1. The summed E-state index contributed by atoms with van der Waals surface area (Å²) in [6, 6.07) is 21.2. The molecular weight excluding hydrogens is 418 g/mol. The maximum Gasteiger partial charge on any atom is 0.267 e. The molecule has 33 heavy (non-hydrogen) atoms. The maximum absolute atomic E-state index is 12.3. The molecule has 1 aromatic heterocycles. The minimum absolute atomic E-state index is 0.0900. The van der Waals surface area contributed by atoms with E-state index in [9.17, 15) is 9.59 Å². The highest BCUT2D eigenvalue weighted by Crippen LogP contribution is 2.21. The summed E-state index contributed by atoms with van der Waals surface area (Å²) in [5, 5.41) is 7.33. The van der Waals surface area contributed by atoms with Crippen molar-refractivity contribution in [2.45, 2.75) is 13.0 Å². The molecule has 1 amide bonds. The fourth-order valence-corrected chi connectivity index (χ4v) is 3.89. The quantitative estimate of drug-likeness (QED) is 0.569. The van der Waals surface area contributed by atoms with Crippen LogP contribution in [0, 0.1) is 0 Å². The van der Waals surface area contributed by atoms with Crippen LogP contribution < -0.4 is 25.4 Å². The van der Waals surface area contributed by atoms with Crippen molar-refractivity contribution in [3.63, 3.8) is 0 Å². The summed E-state index contributed by atoms with van der Waals surface area (Å²) in [6.07, 6.45) is 0.743. The monoisotopic (exact) mass is 447 g/mol. The van der Waals surface area contributed by atoms with E-state index in [1.54, 1.807) is 13.2 Å². The van der Waals surface area contributed by atoms with Crippen LogP contribution in [0.25, 0.3) is 0 Å². The van der Waals surface area contributed by atoms with Crippen LogP contribution in [0.15, 0.2) is 71.5 Å². The number of carbonyl (C=O) groups excluding carboxylic acids is 1. The Morgan fingerprint density at radius 2 is 1.64 bits per heavy atom. The van der Waals surface area contributed by atoms with Crippen LogP contribution in [0.1, 0.15) is 5.56 Å². The molecule has 0 radical (unpaired) electrons. The van der Waals surface area contributed by atoms with Crippen molar-refractivity contribution in [3.05, 3.63) is 82.6 Å². The number of nitrogens with one attached hydrogen (secondary N) is 1. The summed E-state index contributed by atoms with van der Waals surface area (Å²) >= 11 is 0. The number of benzene rings is 2. The molecule has 172 valence electrons. The third-order valence-electron chi connectivity index (χ3n) is 5.77. The minimum atomic E-state index is -0.283. The van der Waals surface area contributed by atoms with Crippen molar-refractivity contribution in [1.29, 1.82) is 0 Å². The summed E-state index contributed by atoms with van der Waals surface area (Å²) in [5.74, 6) is 1.33. The Kier molecular flexibility index (Phi) is 7.24. The van der Waals surface area contributed by atoms with Crippen molar-refractivity contribution >= 4 is 17.4 Å². The van der Waals surface area contributed by atoms with E-state index >= 15 is 0 Å². The second kappa shape index (κ2) is 10.7. The maximum atomic E-state index is 12.3. The molecule has 1 fully saturated rings. The Labute approximate surface area is 193 Å². The van der Waals surface area contributed by atoms with Crippen molar-refractivity contribution < 1.29 is 9.53 Å². The number of hydrogen-bond acceptors (Lipinski definition) is 6. The third kappa shape index (κ3) is 5.91. The van der Waals surface area contributed by atoms with Crippen LogP contribution in [0.4, 0.5) is 11.5 Å². The normalized spacial score (nSPS) is 13.6. The molecule has 8 heteroatoms. The van der Waals surface area contributed by atoms with E-state index in [1.807, 2.05) is 42.5 Å². The van der Waals surface area contributed by atoms with E-state index < -0.39 is 0 Å². The van der Waals surface area contributed by atoms with E-state index in [4.69, 9.17) is 4.74 Å². The second-order valence-electron chi connectivity index (χ2n) is 7.95. The molecule has 0 atom stereocenters. The molecule has 0 saturated carbocycles. The van der Waals surface area contributed by atoms with Gasteiger partial charge < -0.3 is 19.9 Å². The molecule has 1 aliphatic rings. The first kappa shape index (κ1) is 22.4. The molecule has 1 aliphatic heterocycles. The molecule has 0 spiro atoms. The molecule has 1 N–H and O–H groups in total. The highest BCUT2D eigenvalue weighted by molar-refractivity contribution is 5.75. The van der Waals surface area contributed by atoms with Gasteiger partial charge in [-0.25, -0.2) is 4.68 Å². The lowest BCUT2D eigenvalue weighted by molar-refractivity contribution is -0.121. The summed E-state index contributed by atoms with van der Waals surface area (Å²) in [4.78, 5) is 29.1. The summed E-state index contributed by atoms with van der Waals surface area (Å²) in [7, 11) is 1.66. The first-order chi connectivity index (χ1) is 16.1. The molecule has 1 saturated heterocycles. The van der Waals surface area contributed by atoms with Crippen LogP contribution in [-0.2, 0) is 17.8 Å². The fourth-order valence-electron chi connectivity index (χ4n) is 3.89. The standard InChI is InChI=1S/C25H29N5O3/c1-33-22-9-7-21(8-10-22)28-15-17-29(18-16-28)23-11-12-25(32)30(27-23)19-24(31)26-14-13-20-5-3-2-4-6-20/h2-12H,13-19H2,1H3,(H,26,31). The van der Waals surface area contributed by atoms with Crippen LogP contribution in [0.3, 0.4) is 0 Å². The lowest BCUT2D eigenvalue weighted by atomic mass is 10.1. The number of aromatic nitrogens is 2. The van der Waals surface area contributed by atoms with Crippen molar-refractivity contribution in [3.8, 4) is 5.75 Å². The average molecular weight is 448 g/mol. The van der Waals surface area contributed by atoms with Gasteiger partial charge >= 0.3 is 0 Å². The van der Waals surface area contributed by atoms with Crippen LogP contribution in [-0.4, -0.2) is 55.5 Å². The molecule has 2 aromatic carbocycles. The van der Waals surface area contributed by atoms with Crippen molar-refractivity contribution in [1.82, 2.24) is 15.1 Å². The van der Waals surface area contributed by atoms with Gasteiger partial charge in [-0.1, -0.05) is 30.3 Å². The molecule has 8 nitrogen and oxygen atoms in total. The molecule has 0 aliphatic carbocycles. The first-order valence-corrected chi connectivity index (χ1v) is 11.1. The Morgan fingerprint density at radius 1 is 0.939 bits per heavy atom. The number of hydrogen-bond donors (Lipinski definition) is 1. The lowest BCUT2D eigenvalue weighted by Crippen LogP contribution is -2.47. The Bertz CT molecular complexity index is 1110. The van der Waals surface area contributed by atoms with Gasteiger partial charge in [0, 0.05) is 44.5 Å². The Hall–Kier alpha value is -3.81. The summed E-state index contributed by atoms with van der Waals surface area (Å²) in [5.41, 5.74) is 2.03. The van der Waals surface area contributed by atoms with Crippen molar-refractivity contribution in [2.24, 2.45) is 0 Å². The predicted molar refractivity (Wildman–Crippen MR) is 129 cm³/mol. The van der Waals surface area contributed by atoms with Gasteiger partial charge in [0.05, 0.1) is 7.11 Å². The Balaban J connectivity index is 1.31. The number of ether oxygens (including phenoxy) is 1. The average Bonchev–Trinajstić information content (AvgIpc) is 2.86. The number of piperazine rings is 1. The molecular formula is C25H29N5O3. The lowest BCUT2D eigenvalue weighted by Gasteiger charge is -2.36. The van der Waals surface area contributed by atoms with Crippen molar-refractivity contribution in [2.75, 3.05) is 49.6 Å². The molecule has 0 bridgehead atoms. The van der Waals surface area contributed by atoms with Crippen LogP contribution in [0.5, 0.6) is 5.75 Å². The van der Waals surface area contributed by atoms with Gasteiger partial charge in [-0.05, 0) is 42.3 Å². The second-order valence-corrected chi connectivity index (χ2v) is 7.95. The smallest absolute Gasteiger partial charge is 0.267 e. The largest absolute Gasteiger partial charge is 0.497 e. The minimum Gasteiger partial charge on any atom is -0.497 e.